The first-order valence-electron chi connectivity index (χ1n) is 7.46. The molecular weight excluding hydrogens is 266 g/mol. The fourth-order valence-electron chi connectivity index (χ4n) is 2.72. The number of amides is 1. The minimum atomic E-state index is 0.223. The van der Waals surface area contributed by atoms with Crippen molar-refractivity contribution >= 4 is 5.91 Å². The van der Waals surface area contributed by atoms with Crippen molar-refractivity contribution in [2.45, 2.75) is 25.9 Å². The molecule has 1 amide bonds. The molecule has 1 aliphatic heterocycles. The van der Waals surface area contributed by atoms with Gasteiger partial charge in [-0.1, -0.05) is 12.1 Å². The molecule has 2 N–H and O–H groups in total. The van der Waals surface area contributed by atoms with Gasteiger partial charge in [-0.05, 0) is 31.5 Å². The first-order valence-corrected chi connectivity index (χ1v) is 7.46. The summed E-state index contributed by atoms with van der Waals surface area (Å²) in [5, 5.41) is 0. The maximum absolute atomic E-state index is 12.1. The van der Waals surface area contributed by atoms with Gasteiger partial charge in [0.05, 0.1) is 13.7 Å². The van der Waals surface area contributed by atoms with E-state index in [-0.39, 0.29) is 5.91 Å². The molecule has 5 nitrogen and oxygen atoms in total. The normalized spacial score (nSPS) is 14.8. The van der Waals surface area contributed by atoms with Crippen molar-refractivity contribution in [3.63, 3.8) is 0 Å². The van der Waals surface area contributed by atoms with Crippen LogP contribution < -0.4 is 10.5 Å². The molecule has 116 valence electrons. The molecule has 1 aromatic rings. The summed E-state index contributed by atoms with van der Waals surface area (Å²) in [6.45, 7) is 3.46. The van der Waals surface area contributed by atoms with Gasteiger partial charge < -0.3 is 15.4 Å². The molecule has 0 spiro atoms. The van der Waals surface area contributed by atoms with Gasteiger partial charge in [0.2, 0.25) is 5.91 Å². The number of carbonyl (C=O) groups is 1. The van der Waals surface area contributed by atoms with E-state index in [0.717, 1.165) is 49.4 Å². The summed E-state index contributed by atoms with van der Waals surface area (Å²) in [4.78, 5) is 16.1. The zero-order chi connectivity index (χ0) is 15.2. The van der Waals surface area contributed by atoms with Gasteiger partial charge in [-0.25, -0.2) is 0 Å². The van der Waals surface area contributed by atoms with Crippen molar-refractivity contribution in [3.05, 3.63) is 29.3 Å². The SMILES string of the molecule is COc1cc(CN(C)CC(=O)N2CCCC2)ccc1CN. The maximum Gasteiger partial charge on any atom is 0.236 e. The van der Waals surface area contributed by atoms with Crippen LogP contribution in [-0.4, -0.2) is 49.5 Å². The standard InChI is InChI=1S/C16H25N3O2/c1-18(12-16(20)19-7-3-4-8-19)11-13-5-6-14(10-17)15(9-13)21-2/h5-6,9H,3-4,7-8,10-12,17H2,1-2H3. The number of rotatable bonds is 6. The van der Waals surface area contributed by atoms with E-state index in [2.05, 4.69) is 0 Å². The fraction of sp³-hybridized carbons (Fsp3) is 0.562. The summed E-state index contributed by atoms with van der Waals surface area (Å²) in [7, 11) is 3.62. The minimum Gasteiger partial charge on any atom is -0.496 e. The molecule has 0 aliphatic carbocycles. The summed E-state index contributed by atoms with van der Waals surface area (Å²) in [5.74, 6) is 1.04. The number of carbonyl (C=O) groups excluding carboxylic acids is 1. The molecule has 1 aromatic carbocycles. The smallest absolute Gasteiger partial charge is 0.236 e. The van der Waals surface area contributed by atoms with Gasteiger partial charge in [-0.3, -0.25) is 9.69 Å². The number of ether oxygens (including phenoxy) is 1. The Bertz CT molecular complexity index is 484. The van der Waals surface area contributed by atoms with E-state index in [9.17, 15) is 4.79 Å². The Balaban J connectivity index is 1.92. The third kappa shape index (κ3) is 4.19. The lowest BCUT2D eigenvalue weighted by Crippen LogP contribution is -2.36. The first kappa shape index (κ1) is 15.8. The molecule has 1 fully saturated rings. The minimum absolute atomic E-state index is 0.223. The van der Waals surface area contributed by atoms with Crippen LogP contribution in [0.2, 0.25) is 0 Å². The van der Waals surface area contributed by atoms with Gasteiger partial charge in [0.25, 0.3) is 0 Å². The number of nitrogens with two attached hydrogens (primary N) is 1. The molecule has 0 aromatic heterocycles. The van der Waals surface area contributed by atoms with Crippen LogP contribution in [0.1, 0.15) is 24.0 Å². The van der Waals surface area contributed by atoms with Crippen molar-refractivity contribution in [1.82, 2.24) is 9.80 Å². The second-order valence-corrected chi connectivity index (χ2v) is 5.61. The number of likely N-dealkylation sites (tertiary alicyclic amines) is 1. The highest BCUT2D eigenvalue weighted by Crippen LogP contribution is 2.20. The first-order chi connectivity index (χ1) is 10.1. The van der Waals surface area contributed by atoms with E-state index in [1.807, 2.05) is 35.0 Å². The van der Waals surface area contributed by atoms with Gasteiger partial charge in [-0.15, -0.1) is 0 Å². The van der Waals surface area contributed by atoms with Crippen LogP contribution in [0.3, 0.4) is 0 Å². The Labute approximate surface area is 126 Å². The van der Waals surface area contributed by atoms with Crippen molar-refractivity contribution in [2.75, 3.05) is 33.8 Å². The molecule has 1 aliphatic rings. The molecule has 0 radical (unpaired) electrons. The Morgan fingerprint density at radius 1 is 1.38 bits per heavy atom. The van der Waals surface area contributed by atoms with Crippen LogP contribution in [0.15, 0.2) is 18.2 Å². The van der Waals surface area contributed by atoms with E-state index in [0.29, 0.717) is 13.1 Å². The van der Waals surface area contributed by atoms with Crippen molar-refractivity contribution < 1.29 is 9.53 Å². The largest absolute Gasteiger partial charge is 0.496 e. The van der Waals surface area contributed by atoms with Gasteiger partial charge >= 0.3 is 0 Å². The van der Waals surface area contributed by atoms with Gasteiger partial charge in [-0.2, -0.15) is 0 Å². The average Bonchev–Trinajstić information content (AvgIpc) is 3.01. The van der Waals surface area contributed by atoms with Gasteiger partial charge in [0.15, 0.2) is 0 Å². The van der Waals surface area contributed by atoms with Crippen LogP contribution in [0.5, 0.6) is 5.75 Å². The number of benzene rings is 1. The summed E-state index contributed by atoms with van der Waals surface area (Å²) in [6, 6.07) is 6.03. The molecule has 5 heteroatoms. The Morgan fingerprint density at radius 2 is 2.10 bits per heavy atom. The predicted molar refractivity (Wildman–Crippen MR) is 83.0 cm³/mol. The second kappa shape index (κ2) is 7.43. The molecule has 1 saturated heterocycles. The van der Waals surface area contributed by atoms with Crippen LogP contribution in [-0.2, 0) is 17.9 Å². The number of hydrogen-bond acceptors (Lipinski definition) is 4. The van der Waals surface area contributed by atoms with E-state index in [1.165, 1.54) is 0 Å². The summed E-state index contributed by atoms with van der Waals surface area (Å²) >= 11 is 0. The van der Waals surface area contributed by atoms with E-state index >= 15 is 0 Å². The Kier molecular flexibility index (Phi) is 5.59. The maximum atomic E-state index is 12.1. The fourth-order valence-corrected chi connectivity index (χ4v) is 2.72. The Morgan fingerprint density at radius 3 is 2.71 bits per heavy atom. The van der Waals surface area contributed by atoms with Gasteiger partial charge in [0.1, 0.15) is 5.75 Å². The second-order valence-electron chi connectivity index (χ2n) is 5.61. The summed E-state index contributed by atoms with van der Waals surface area (Å²) < 4.78 is 5.35. The number of methoxy groups -OCH3 is 1. The van der Waals surface area contributed by atoms with Crippen molar-refractivity contribution in [2.24, 2.45) is 5.73 Å². The van der Waals surface area contributed by atoms with Crippen LogP contribution >= 0.6 is 0 Å². The van der Waals surface area contributed by atoms with E-state index in [4.69, 9.17) is 10.5 Å². The highest BCUT2D eigenvalue weighted by molar-refractivity contribution is 5.78. The monoisotopic (exact) mass is 291 g/mol. The third-order valence-electron chi connectivity index (χ3n) is 3.89. The zero-order valence-electron chi connectivity index (χ0n) is 13.0. The average molecular weight is 291 g/mol. The van der Waals surface area contributed by atoms with Crippen LogP contribution in [0.25, 0.3) is 0 Å². The Hall–Kier alpha value is -1.59. The van der Waals surface area contributed by atoms with Gasteiger partial charge in [0, 0.05) is 31.7 Å². The lowest BCUT2D eigenvalue weighted by atomic mass is 10.1. The molecule has 0 atom stereocenters. The number of hydrogen-bond donors (Lipinski definition) is 1. The van der Waals surface area contributed by atoms with Crippen LogP contribution in [0, 0.1) is 0 Å². The highest BCUT2D eigenvalue weighted by Gasteiger charge is 2.19. The molecule has 0 saturated carbocycles. The topological polar surface area (TPSA) is 58.8 Å². The lowest BCUT2D eigenvalue weighted by Gasteiger charge is -2.21. The summed E-state index contributed by atoms with van der Waals surface area (Å²) in [6.07, 6.45) is 2.26. The zero-order valence-corrected chi connectivity index (χ0v) is 13.0. The van der Waals surface area contributed by atoms with Crippen molar-refractivity contribution in [3.8, 4) is 5.75 Å². The summed E-state index contributed by atoms with van der Waals surface area (Å²) in [5.41, 5.74) is 7.80. The molecule has 1 heterocycles. The molecular formula is C16H25N3O2. The van der Waals surface area contributed by atoms with E-state index < -0.39 is 0 Å². The molecule has 0 unspecified atom stereocenters. The number of likely N-dealkylation sites (N-methyl/N-ethyl adjacent to an activating group) is 1. The molecule has 21 heavy (non-hydrogen) atoms. The number of nitrogens with zero attached hydrogens (tertiary/aromatic N) is 2. The molecule has 2 rings (SSSR count). The molecule has 0 bridgehead atoms. The quantitative estimate of drug-likeness (QED) is 0.856. The lowest BCUT2D eigenvalue weighted by molar-refractivity contribution is -0.131. The predicted octanol–water partition coefficient (Wildman–Crippen LogP) is 1.21. The third-order valence-corrected chi connectivity index (χ3v) is 3.89. The van der Waals surface area contributed by atoms with Crippen molar-refractivity contribution in [1.29, 1.82) is 0 Å². The highest BCUT2D eigenvalue weighted by atomic mass is 16.5. The van der Waals surface area contributed by atoms with E-state index in [1.54, 1.807) is 7.11 Å². The van der Waals surface area contributed by atoms with Crippen LogP contribution in [0.4, 0.5) is 0 Å².